The van der Waals surface area contributed by atoms with Crippen molar-refractivity contribution < 1.29 is 8.81 Å². The van der Waals surface area contributed by atoms with Crippen LogP contribution in [0.15, 0.2) is 21.0 Å². The van der Waals surface area contributed by atoms with Gasteiger partial charge in [-0.15, -0.1) is 0 Å². The molecule has 0 spiro atoms. The van der Waals surface area contributed by atoms with Crippen LogP contribution >= 0.6 is 15.9 Å². The molecule has 0 saturated heterocycles. The van der Waals surface area contributed by atoms with Crippen molar-refractivity contribution in [3.63, 3.8) is 0 Å². The van der Waals surface area contributed by atoms with E-state index in [1.807, 2.05) is 6.92 Å². The molecule has 0 fully saturated rings. The van der Waals surface area contributed by atoms with Crippen molar-refractivity contribution in [2.75, 3.05) is 6.54 Å². The minimum atomic E-state index is -0.214. The molecule has 4 heteroatoms. The van der Waals surface area contributed by atoms with Gasteiger partial charge in [0.2, 0.25) is 0 Å². The molecule has 0 unspecified atom stereocenters. The molecule has 0 aliphatic rings. The Balaban J connectivity index is 2.39. The van der Waals surface area contributed by atoms with Gasteiger partial charge in [-0.25, -0.2) is 4.39 Å². The van der Waals surface area contributed by atoms with Crippen molar-refractivity contribution >= 4 is 26.9 Å². The Morgan fingerprint density at radius 3 is 2.74 bits per heavy atom. The van der Waals surface area contributed by atoms with E-state index in [2.05, 4.69) is 35.1 Å². The molecule has 0 radical (unpaired) electrons. The quantitative estimate of drug-likeness (QED) is 0.865. The standard InChI is InChI=1S/C15H19BrFNO/c1-4-10-13(8-18-7-9(2)3)19-15-11(16)5-6-12(17)14(10)15/h5-6,9,18H,4,7-8H2,1-3H3. The topological polar surface area (TPSA) is 25.2 Å². The number of nitrogens with one attached hydrogen (secondary N) is 1. The first-order valence-corrected chi connectivity index (χ1v) is 7.42. The van der Waals surface area contributed by atoms with E-state index in [-0.39, 0.29) is 5.82 Å². The maximum atomic E-state index is 14.0. The average Bonchev–Trinajstić information content (AvgIpc) is 2.73. The van der Waals surface area contributed by atoms with Crippen LogP contribution in [0.5, 0.6) is 0 Å². The van der Waals surface area contributed by atoms with E-state index >= 15 is 0 Å². The fraction of sp³-hybridized carbons (Fsp3) is 0.467. The van der Waals surface area contributed by atoms with Crippen LogP contribution in [-0.2, 0) is 13.0 Å². The Morgan fingerprint density at radius 1 is 1.37 bits per heavy atom. The number of hydrogen-bond donors (Lipinski definition) is 1. The number of aryl methyl sites for hydroxylation is 1. The van der Waals surface area contributed by atoms with Crippen molar-refractivity contribution in [1.82, 2.24) is 5.32 Å². The van der Waals surface area contributed by atoms with Gasteiger partial charge in [-0.2, -0.15) is 0 Å². The lowest BCUT2D eigenvalue weighted by Crippen LogP contribution is -2.19. The molecule has 1 aromatic heterocycles. The van der Waals surface area contributed by atoms with Crippen LogP contribution in [0, 0.1) is 11.7 Å². The number of hydrogen-bond acceptors (Lipinski definition) is 2. The van der Waals surface area contributed by atoms with Gasteiger partial charge in [-0.1, -0.05) is 20.8 Å². The SMILES string of the molecule is CCc1c(CNCC(C)C)oc2c(Br)ccc(F)c12. The highest BCUT2D eigenvalue weighted by molar-refractivity contribution is 9.10. The molecule has 19 heavy (non-hydrogen) atoms. The zero-order valence-electron chi connectivity index (χ0n) is 11.5. The zero-order valence-corrected chi connectivity index (χ0v) is 13.1. The molecule has 0 aliphatic heterocycles. The Labute approximate surface area is 121 Å². The van der Waals surface area contributed by atoms with Crippen molar-refractivity contribution in [3.05, 3.63) is 33.7 Å². The molecule has 0 atom stereocenters. The molecule has 1 N–H and O–H groups in total. The van der Waals surface area contributed by atoms with Crippen molar-refractivity contribution in [3.8, 4) is 0 Å². The van der Waals surface area contributed by atoms with Crippen molar-refractivity contribution in [2.24, 2.45) is 5.92 Å². The summed E-state index contributed by atoms with van der Waals surface area (Å²) in [4.78, 5) is 0. The summed E-state index contributed by atoms with van der Waals surface area (Å²) in [7, 11) is 0. The predicted octanol–water partition coefficient (Wildman–Crippen LogP) is 4.64. The third-order valence-electron chi connectivity index (χ3n) is 3.11. The first-order valence-electron chi connectivity index (χ1n) is 6.63. The van der Waals surface area contributed by atoms with E-state index in [0.29, 0.717) is 23.4 Å². The Hall–Kier alpha value is -0.870. The molecule has 0 saturated carbocycles. The summed E-state index contributed by atoms with van der Waals surface area (Å²) in [5.74, 6) is 1.20. The minimum Gasteiger partial charge on any atom is -0.458 e. The van der Waals surface area contributed by atoms with Gasteiger partial charge in [0.1, 0.15) is 11.6 Å². The molecule has 0 bridgehead atoms. The second-order valence-electron chi connectivity index (χ2n) is 5.12. The molecular weight excluding hydrogens is 309 g/mol. The molecular formula is C15H19BrFNO. The number of halogens is 2. The molecule has 2 rings (SSSR count). The first kappa shape index (κ1) is 14.5. The van der Waals surface area contributed by atoms with Gasteiger partial charge in [0.05, 0.1) is 16.4 Å². The molecule has 2 nitrogen and oxygen atoms in total. The first-order chi connectivity index (χ1) is 9.04. The van der Waals surface area contributed by atoms with Crippen LogP contribution in [0.4, 0.5) is 4.39 Å². The lowest BCUT2D eigenvalue weighted by atomic mass is 10.1. The van der Waals surface area contributed by atoms with Crippen LogP contribution in [0.1, 0.15) is 32.1 Å². The smallest absolute Gasteiger partial charge is 0.151 e. The maximum absolute atomic E-state index is 14.0. The van der Waals surface area contributed by atoms with E-state index in [4.69, 9.17) is 4.42 Å². The fourth-order valence-electron chi connectivity index (χ4n) is 2.23. The van der Waals surface area contributed by atoms with Crippen LogP contribution in [0.3, 0.4) is 0 Å². The van der Waals surface area contributed by atoms with Crippen molar-refractivity contribution in [2.45, 2.75) is 33.7 Å². The predicted molar refractivity (Wildman–Crippen MR) is 79.8 cm³/mol. The average molecular weight is 328 g/mol. The van der Waals surface area contributed by atoms with Crippen LogP contribution in [0.2, 0.25) is 0 Å². The molecule has 0 amide bonds. The molecule has 2 aromatic rings. The largest absolute Gasteiger partial charge is 0.458 e. The zero-order chi connectivity index (χ0) is 14.0. The van der Waals surface area contributed by atoms with E-state index in [1.54, 1.807) is 6.07 Å². The summed E-state index contributed by atoms with van der Waals surface area (Å²) < 4.78 is 20.6. The number of furan rings is 1. The summed E-state index contributed by atoms with van der Waals surface area (Å²) in [6.45, 7) is 7.90. The molecule has 1 heterocycles. The van der Waals surface area contributed by atoms with E-state index < -0.39 is 0 Å². The summed E-state index contributed by atoms with van der Waals surface area (Å²) >= 11 is 3.42. The Kier molecular flexibility index (Phi) is 4.63. The summed E-state index contributed by atoms with van der Waals surface area (Å²) in [6, 6.07) is 3.17. The summed E-state index contributed by atoms with van der Waals surface area (Å²) in [5.41, 5.74) is 1.57. The van der Waals surface area contributed by atoms with Crippen LogP contribution in [-0.4, -0.2) is 6.54 Å². The second-order valence-corrected chi connectivity index (χ2v) is 5.97. The van der Waals surface area contributed by atoms with Gasteiger partial charge in [0.25, 0.3) is 0 Å². The fourth-order valence-corrected chi connectivity index (χ4v) is 2.64. The highest BCUT2D eigenvalue weighted by atomic mass is 79.9. The monoisotopic (exact) mass is 327 g/mol. The van der Waals surface area contributed by atoms with E-state index in [0.717, 1.165) is 28.8 Å². The molecule has 1 aromatic carbocycles. The lowest BCUT2D eigenvalue weighted by Gasteiger charge is -2.06. The highest BCUT2D eigenvalue weighted by Gasteiger charge is 2.18. The summed E-state index contributed by atoms with van der Waals surface area (Å²) in [6.07, 6.45) is 0.763. The third kappa shape index (κ3) is 3.00. The van der Waals surface area contributed by atoms with Gasteiger partial charge in [0.15, 0.2) is 5.58 Å². The number of fused-ring (bicyclic) bond motifs is 1. The van der Waals surface area contributed by atoms with Gasteiger partial charge in [-0.3, -0.25) is 0 Å². The Bertz CT molecular complexity index is 577. The number of benzene rings is 1. The number of rotatable bonds is 5. The maximum Gasteiger partial charge on any atom is 0.151 e. The molecule has 0 aliphatic carbocycles. The summed E-state index contributed by atoms with van der Waals surface area (Å²) in [5, 5.41) is 3.95. The normalized spacial score (nSPS) is 11.7. The highest BCUT2D eigenvalue weighted by Crippen LogP contribution is 2.33. The lowest BCUT2D eigenvalue weighted by molar-refractivity contribution is 0.480. The van der Waals surface area contributed by atoms with E-state index in [1.165, 1.54) is 6.07 Å². The van der Waals surface area contributed by atoms with E-state index in [9.17, 15) is 4.39 Å². The van der Waals surface area contributed by atoms with Gasteiger partial charge in [0, 0.05) is 5.56 Å². The Morgan fingerprint density at radius 2 is 2.11 bits per heavy atom. The van der Waals surface area contributed by atoms with Gasteiger partial charge < -0.3 is 9.73 Å². The van der Waals surface area contributed by atoms with Gasteiger partial charge in [-0.05, 0) is 46.9 Å². The third-order valence-corrected chi connectivity index (χ3v) is 3.74. The molecule has 104 valence electrons. The van der Waals surface area contributed by atoms with Crippen molar-refractivity contribution in [1.29, 1.82) is 0 Å². The second kappa shape index (κ2) is 6.06. The van der Waals surface area contributed by atoms with Crippen LogP contribution < -0.4 is 5.32 Å². The van der Waals surface area contributed by atoms with Crippen LogP contribution in [0.25, 0.3) is 11.0 Å². The minimum absolute atomic E-state index is 0.214. The van der Waals surface area contributed by atoms with Gasteiger partial charge >= 0.3 is 0 Å².